The molecule has 3 rings (SSSR count). The number of Topliss-reactive ketones (excluding diaryl/α,β-unsaturated/α-hetero) is 1. The summed E-state index contributed by atoms with van der Waals surface area (Å²) in [4.78, 5) is 12.3. The van der Waals surface area contributed by atoms with E-state index in [1.54, 1.807) is 21.3 Å². The van der Waals surface area contributed by atoms with E-state index in [4.69, 9.17) is 14.2 Å². The van der Waals surface area contributed by atoms with Gasteiger partial charge in [-0.25, -0.2) is 0 Å². The Hall–Kier alpha value is -2.49. The highest BCUT2D eigenvalue weighted by molar-refractivity contribution is 6.02. The van der Waals surface area contributed by atoms with Crippen molar-refractivity contribution in [2.24, 2.45) is 0 Å². The fraction of sp³-hybridized carbons (Fsp3) is 0.278. The van der Waals surface area contributed by atoms with Crippen molar-refractivity contribution in [3.8, 4) is 17.2 Å². The van der Waals surface area contributed by atoms with E-state index in [9.17, 15) is 4.79 Å². The van der Waals surface area contributed by atoms with Gasteiger partial charge in [0.2, 0.25) is 0 Å². The van der Waals surface area contributed by atoms with E-state index in [2.05, 4.69) is 0 Å². The molecule has 0 heterocycles. The molecule has 0 N–H and O–H groups in total. The Balaban J connectivity index is 2.07. The molecule has 0 amide bonds. The van der Waals surface area contributed by atoms with Crippen LogP contribution in [-0.4, -0.2) is 27.1 Å². The summed E-state index contributed by atoms with van der Waals surface area (Å²) in [6, 6.07) is 11.4. The highest BCUT2D eigenvalue weighted by Crippen LogP contribution is 2.41. The SMILES string of the molecule is COc1cc(OC)cc(C2CC(=O)c3cc(OC)ccc32)c1. The molecular formula is C18H18O4. The van der Waals surface area contributed by atoms with Crippen LogP contribution in [0.2, 0.25) is 0 Å². The van der Waals surface area contributed by atoms with Crippen LogP contribution in [0, 0.1) is 0 Å². The predicted molar refractivity (Wildman–Crippen MR) is 83.3 cm³/mol. The summed E-state index contributed by atoms with van der Waals surface area (Å²) in [6.07, 6.45) is 0.457. The number of ketones is 1. The number of benzene rings is 2. The lowest BCUT2D eigenvalue weighted by molar-refractivity contribution is 0.0991. The molecule has 0 spiro atoms. The third-order valence-electron chi connectivity index (χ3n) is 4.10. The predicted octanol–water partition coefficient (Wildman–Crippen LogP) is 3.43. The molecule has 4 heteroatoms. The molecule has 1 aliphatic carbocycles. The minimum atomic E-state index is 0.0254. The number of fused-ring (bicyclic) bond motifs is 1. The minimum absolute atomic E-state index is 0.0254. The summed E-state index contributed by atoms with van der Waals surface area (Å²) in [5.41, 5.74) is 2.79. The van der Waals surface area contributed by atoms with Gasteiger partial charge in [-0.3, -0.25) is 4.79 Å². The normalized spacial score (nSPS) is 16.3. The molecule has 0 saturated heterocycles. The first-order valence-corrected chi connectivity index (χ1v) is 7.10. The Bertz CT molecular complexity index is 699. The first-order chi connectivity index (χ1) is 10.7. The van der Waals surface area contributed by atoms with Crippen molar-refractivity contribution in [2.45, 2.75) is 12.3 Å². The van der Waals surface area contributed by atoms with Crippen LogP contribution in [0.1, 0.15) is 33.8 Å². The van der Waals surface area contributed by atoms with Gasteiger partial charge in [0.1, 0.15) is 17.2 Å². The maximum Gasteiger partial charge on any atom is 0.164 e. The second-order valence-corrected chi connectivity index (χ2v) is 5.28. The summed E-state index contributed by atoms with van der Waals surface area (Å²) < 4.78 is 15.9. The highest BCUT2D eigenvalue weighted by Gasteiger charge is 2.31. The molecule has 0 radical (unpaired) electrons. The van der Waals surface area contributed by atoms with Crippen LogP contribution in [0.15, 0.2) is 36.4 Å². The van der Waals surface area contributed by atoms with E-state index in [0.29, 0.717) is 12.2 Å². The summed E-state index contributed by atoms with van der Waals surface area (Å²) in [5.74, 6) is 2.32. The monoisotopic (exact) mass is 298 g/mol. The molecule has 0 bridgehead atoms. The van der Waals surface area contributed by atoms with Crippen LogP contribution in [0.3, 0.4) is 0 Å². The van der Waals surface area contributed by atoms with E-state index < -0.39 is 0 Å². The van der Waals surface area contributed by atoms with E-state index in [1.165, 1.54) is 0 Å². The third kappa shape index (κ3) is 2.41. The first-order valence-electron chi connectivity index (χ1n) is 7.10. The van der Waals surface area contributed by atoms with E-state index in [-0.39, 0.29) is 11.7 Å². The van der Waals surface area contributed by atoms with Crippen LogP contribution < -0.4 is 14.2 Å². The van der Waals surface area contributed by atoms with Gasteiger partial charge in [0.25, 0.3) is 0 Å². The van der Waals surface area contributed by atoms with Gasteiger partial charge in [0.05, 0.1) is 21.3 Å². The van der Waals surface area contributed by atoms with Crippen molar-refractivity contribution in [3.63, 3.8) is 0 Å². The van der Waals surface area contributed by atoms with E-state index in [0.717, 1.165) is 28.2 Å². The average Bonchev–Trinajstić information content (AvgIpc) is 2.90. The average molecular weight is 298 g/mol. The fourth-order valence-corrected chi connectivity index (χ4v) is 2.94. The molecule has 0 fully saturated rings. The number of hydrogen-bond acceptors (Lipinski definition) is 4. The molecule has 1 aliphatic rings. The number of ether oxygens (including phenoxy) is 3. The fourth-order valence-electron chi connectivity index (χ4n) is 2.94. The van der Waals surface area contributed by atoms with Crippen molar-refractivity contribution in [2.75, 3.05) is 21.3 Å². The molecular weight excluding hydrogens is 280 g/mol. The van der Waals surface area contributed by atoms with E-state index in [1.807, 2.05) is 36.4 Å². The lowest BCUT2D eigenvalue weighted by atomic mass is 9.92. The highest BCUT2D eigenvalue weighted by atomic mass is 16.5. The maximum absolute atomic E-state index is 12.3. The summed E-state index contributed by atoms with van der Waals surface area (Å²) in [6.45, 7) is 0. The summed E-state index contributed by atoms with van der Waals surface area (Å²) >= 11 is 0. The van der Waals surface area contributed by atoms with Crippen LogP contribution in [-0.2, 0) is 0 Å². The number of carbonyl (C=O) groups is 1. The molecule has 4 nitrogen and oxygen atoms in total. The van der Waals surface area contributed by atoms with Crippen LogP contribution in [0.5, 0.6) is 17.2 Å². The van der Waals surface area contributed by atoms with Crippen molar-refractivity contribution in [1.82, 2.24) is 0 Å². The molecule has 114 valence electrons. The molecule has 2 aromatic rings. The van der Waals surface area contributed by atoms with Gasteiger partial charge in [-0.2, -0.15) is 0 Å². The number of carbonyl (C=O) groups excluding carboxylic acids is 1. The zero-order valence-electron chi connectivity index (χ0n) is 12.9. The minimum Gasteiger partial charge on any atom is -0.497 e. The lowest BCUT2D eigenvalue weighted by Gasteiger charge is -2.14. The topological polar surface area (TPSA) is 44.8 Å². The molecule has 0 aromatic heterocycles. The number of rotatable bonds is 4. The van der Waals surface area contributed by atoms with Gasteiger partial charge in [-0.1, -0.05) is 6.07 Å². The van der Waals surface area contributed by atoms with Gasteiger partial charge < -0.3 is 14.2 Å². The van der Waals surface area contributed by atoms with Gasteiger partial charge in [-0.05, 0) is 35.4 Å². The molecule has 22 heavy (non-hydrogen) atoms. The van der Waals surface area contributed by atoms with Crippen LogP contribution in [0.25, 0.3) is 0 Å². The molecule has 0 saturated carbocycles. The molecule has 1 atom stereocenters. The summed E-state index contributed by atoms with van der Waals surface area (Å²) in [5, 5.41) is 0. The molecule has 0 aliphatic heterocycles. The molecule has 2 aromatic carbocycles. The standard InChI is InChI=1S/C18H18O4/c1-20-12-4-5-15-16(10-18(19)17(15)9-12)11-6-13(21-2)8-14(7-11)22-3/h4-9,16H,10H2,1-3H3. The zero-order chi connectivity index (χ0) is 15.7. The summed E-state index contributed by atoms with van der Waals surface area (Å²) in [7, 11) is 4.85. The second kappa shape index (κ2) is 5.72. The van der Waals surface area contributed by atoms with Crippen LogP contribution >= 0.6 is 0 Å². The van der Waals surface area contributed by atoms with Crippen molar-refractivity contribution in [1.29, 1.82) is 0 Å². The number of hydrogen-bond donors (Lipinski definition) is 0. The Morgan fingerprint density at radius 2 is 1.50 bits per heavy atom. The quantitative estimate of drug-likeness (QED) is 0.867. The van der Waals surface area contributed by atoms with E-state index >= 15 is 0 Å². The van der Waals surface area contributed by atoms with Gasteiger partial charge in [0.15, 0.2) is 5.78 Å². The third-order valence-corrected chi connectivity index (χ3v) is 4.10. The van der Waals surface area contributed by atoms with Crippen molar-refractivity contribution < 1.29 is 19.0 Å². The Morgan fingerprint density at radius 1 is 0.864 bits per heavy atom. The number of methoxy groups -OCH3 is 3. The van der Waals surface area contributed by atoms with Crippen molar-refractivity contribution >= 4 is 5.78 Å². The van der Waals surface area contributed by atoms with Gasteiger partial charge in [0, 0.05) is 24.0 Å². The maximum atomic E-state index is 12.3. The smallest absolute Gasteiger partial charge is 0.164 e. The Kier molecular flexibility index (Phi) is 3.75. The Labute approximate surface area is 129 Å². The largest absolute Gasteiger partial charge is 0.497 e. The molecule has 1 unspecified atom stereocenters. The van der Waals surface area contributed by atoms with Gasteiger partial charge in [-0.15, -0.1) is 0 Å². The lowest BCUT2D eigenvalue weighted by Crippen LogP contribution is -1.99. The zero-order valence-corrected chi connectivity index (χ0v) is 12.9. The second-order valence-electron chi connectivity index (χ2n) is 5.28. The Morgan fingerprint density at radius 3 is 2.09 bits per heavy atom. The van der Waals surface area contributed by atoms with Crippen molar-refractivity contribution in [3.05, 3.63) is 53.1 Å². The first kappa shape index (κ1) is 14.4. The van der Waals surface area contributed by atoms with Crippen LogP contribution in [0.4, 0.5) is 0 Å². The van der Waals surface area contributed by atoms with Gasteiger partial charge >= 0.3 is 0 Å².